The van der Waals surface area contributed by atoms with Gasteiger partial charge in [0.25, 0.3) is 5.91 Å². The molecular weight excluding hydrogens is 554 g/mol. The van der Waals surface area contributed by atoms with Gasteiger partial charge in [0.1, 0.15) is 12.1 Å². The van der Waals surface area contributed by atoms with E-state index in [1.807, 2.05) is 76.2 Å². The van der Waals surface area contributed by atoms with E-state index in [4.69, 9.17) is 4.74 Å². The van der Waals surface area contributed by atoms with Gasteiger partial charge in [0.05, 0.1) is 12.0 Å². The molecule has 8 heteroatoms. The highest BCUT2D eigenvalue weighted by atomic mass is 16.5. The average molecular weight is 602 g/mol. The van der Waals surface area contributed by atoms with Crippen molar-refractivity contribution in [3.05, 3.63) is 95.6 Å². The van der Waals surface area contributed by atoms with Gasteiger partial charge in [-0.2, -0.15) is 0 Å². The minimum Gasteiger partial charge on any atom is -0.368 e. The molecule has 0 aliphatic heterocycles. The lowest BCUT2D eigenvalue weighted by molar-refractivity contribution is -0.151. The highest BCUT2D eigenvalue weighted by Gasteiger charge is 2.39. The Kier molecular flexibility index (Phi) is 12.7. The number of nitrogens with one attached hydrogen (secondary N) is 3. The summed E-state index contributed by atoms with van der Waals surface area (Å²) >= 11 is 0. The van der Waals surface area contributed by atoms with Crippen molar-refractivity contribution < 1.29 is 24.3 Å². The van der Waals surface area contributed by atoms with Crippen LogP contribution in [0.25, 0.3) is 11.1 Å². The molecule has 3 aromatic carbocycles. The largest absolute Gasteiger partial charge is 0.368 e. The molecule has 0 aliphatic rings. The van der Waals surface area contributed by atoms with Crippen LogP contribution in [0.3, 0.4) is 0 Å². The van der Waals surface area contributed by atoms with Crippen molar-refractivity contribution in [2.45, 2.75) is 79.0 Å². The van der Waals surface area contributed by atoms with Crippen LogP contribution in [0, 0.1) is 18.3 Å². The van der Waals surface area contributed by atoms with Gasteiger partial charge in [-0.05, 0) is 73.3 Å². The highest BCUT2D eigenvalue weighted by molar-refractivity contribution is 5.92. The maximum Gasteiger partial charge on any atom is 0.273 e. The number of rotatable bonds is 14. The number of aryl methyl sites for hydroxylation is 2. The number of carbonyl (C=O) groups excluding carboxylic acids is 3. The Morgan fingerprint density at radius 1 is 0.864 bits per heavy atom. The summed E-state index contributed by atoms with van der Waals surface area (Å²) in [5.41, 5.74) is 6.55. The van der Waals surface area contributed by atoms with E-state index in [1.165, 1.54) is 0 Å². The van der Waals surface area contributed by atoms with Crippen LogP contribution < -0.4 is 16.1 Å². The third-order valence-corrected chi connectivity index (χ3v) is 7.85. The van der Waals surface area contributed by atoms with Crippen LogP contribution in [0.2, 0.25) is 0 Å². The molecule has 0 aromatic heterocycles. The Morgan fingerprint density at radius 3 is 2.07 bits per heavy atom. The van der Waals surface area contributed by atoms with Crippen LogP contribution in [0.1, 0.15) is 70.2 Å². The van der Waals surface area contributed by atoms with Crippen molar-refractivity contribution in [2.75, 3.05) is 6.61 Å². The van der Waals surface area contributed by atoms with Crippen molar-refractivity contribution in [2.24, 2.45) is 11.3 Å². The Balaban J connectivity index is 1.78. The van der Waals surface area contributed by atoms with Gasteiger partial charge in [0, 0.05) is 6.61 Å². The Bertz CT molecular complexity index is 1370. The summed E-state index contributed by atoms with van der Waals surface area (Å²) in [5, 5.41) is 15.4. The molecule has 3 aromatic rings. The lowest BCUT2D eigenvalue weighted by Crippen LogP contribution is -2.57. The second-order valence-electron chi connectivity index (χ2n) is 12.3. The van der Waals surface area contributed by atoms with Gasteiger partial charge in [-0.25, -0.2) is 5.48 Å². The molecule has 0 saturated carbocycles. The first-order chi connectivity index (χ1) is 21.0. The zero-order valence-corrected chi connectivity index (χ0v) is 26.7. The monoisotopic (exact) mass is 601 g/mol. The van der Waals surface area contributed by atoms with Gasteiger partial charge in [-0.15, -0.1) is 0 Å². The predicted octanol–water partition coefficient (Wildman–Crippen LogP) is 5.92. The Morgan fingerprint density at radius 2 is 1.50 bits per heavy atom. The normalized spacial score (nSPS) is 14.2. The fraction of sp³-hybridized carbons (Fsp3) is 0.417. The first-order valence-corrected chi connectivity index (χ1v) is 15.3. The smallest absolute Gasteiger partial charge is 0.273 e. The molecule has 0 heterocycles. The summed E-state index contributed by atoms with van der Waals surface area (Å²) in [6, 6.07) is 25.0. The number of hydroxylamine groups is 1. The molecule has 8 nitrogen and oxygen atoms in total. The molecule has 0 radical (unpaired) electrons. The number of amides is 3. The second-order valence-corrected chi connectivity index (χ2v) is 12.3. The van der Waals surface area contributed by atoms with E-state index in [-0.39, 0.29) is 18.6 Å². The SMILES string of the molecule is CCOC(C(=O)NO)C(CCCc1ccc(-c2ccccc2)c(C)c1)C(=O)NC(C(=O)NC(C)c1ccccc1)C(C)(C)C. The van der Waals surface area contributed by atoms with Crippen LogP contribution in [0.5, 0.6) is 0 Å². The van der Waals surface area contributed by atoms with Gasteiger partial charge in [-0.3, -0.25) is 19.6 Å². The molecule has 4 atom stereocenters. The first-order valence-electron chi connectivity index (χ1n) is 15.3. The minimum absolute atomic E-state index is 0.166. The third-order valence-electron chi connectivity index (χ3n) is 7.85. The third kappa shape index (κ3) is 9.49. The quantitative estimate of drug-likeness (QED) is 0.135. The lowest BCUT2D eigenvalue weighted by Gasteiger charge is -2.34. The number of benzene rings is 3. The van der Waals surface area contributed by atoms with Gasteiger partial charge >= 0.3 is 0 Å². The molecular formula is C36H47N3O5. The van der Waals surface area contributed by atoms with E-state index in [0.717, 1.165) is 27.8 Å². The number of hydrogen-bond acceptors (Lipinski definition) is 5. The molecule has 0 saturated heterocycles. The first kappa shape index (κ1) is 34.5. The fourth-order valence-corrected chi connectivity index (χ4v) is 5.43. The zero-order valence-electron chi connectivity index (χ0n) is 26.7. The van der Waals surface area contributed by atoms with Crippen molar-refractivity contribution in [1.29, 1.82) is 0 Å². The maximum atomic E-state index is 13.9. The number of carbonyl (C=O) groups is 3. The second kappa shape index (κ2) is 16.2. The average Bonchev–Trinajstić information content (AvgIpc) is 3.00. The van der Waals surface area contributed by atoms with E-state index in [1.54, 1.807) is 12.4 Å². The molecule has 0 aliphatic carbocycles. The predicted molar refractivity (Wildman–Crippen MR) is 173 cm³/mol. The summed E-state index contributed by atoms with van der Waals surface area (Å²) in [6.45, 7) is 11.5. The summed E-state index contributed by atoms with van der Waals surface area (Å²) in [7, 11) is 0. The van der Waals surface area contributed by atoms with Crippen LogP contribution in [0.4, 0.5) is 0 Å². The van der Waals surface area contributed by atoms with Gasteiger partial charge in [0.2, 0.25) is 11.8 Å². The van der Waals surface area contributed by atoms with E-state index >= 15 is 0 Å². The summed E-state index contributed by atoms with van der Waals surface area (Å²) in [5.74, 6) is -2.54. The Hall–Kier alpha value is -4.01. The molecule has 4 N–H and O–H groups in total. The van der Waals surface area contributed by atoms with Gasteiger partial charge in [0.15, 0.2) is 0 Å². The minimum atomic E-state index is -1.22. The van der Waals surface area contributed by atoms with Crippen molar-refractivity contribution in [3.63, 3.8) is 0 Å². The zero-order chi connectivity index (χ0) is 32.3. The maximum absolute atomic E-state index is 13.9. The lowest BCUT2D eigenvalue weighted by atomic mass is 9.84. The van der Waals surface area contributed by atoms with Crippen molar-refractivity contribution >= 4 is 17.7 Å². The molecule has 3 rings (SSSR count). The molecule has 0 spiro atoms. The summed E-state index contributed by atoms with van der Waals surface area (Å²) in [4.78, 5) is 40.0. The molecule has 0 bridgehead atoms. The molecule has 236 valence electrons. The molecule has 0 fully saturated rings. The fourth-order valence-electron chi connectivity index (χ4n) is 5.43. The van der Waals surface area contributed by atoms with E-state index < -0.39 is 35.3 Å². The molecule has 4 unspecified atom stereocenters. The van der Waals surface area contributed by atoms with Crippen molar-refractivity contribution in [3.8, 4) is 11.1 Å². The Labute approximate surface area is 261 Å². The highest BCUT2D eigenvalue weighted by Crippen LogP contribution is 2.27. The van der Waals surface area contributed by atoms with Crippen LogP contribution in [0.15, 0.2) is 78.9 Å². The van der Waals surface area contributed by atoms with Gasteiger partial charge in [-0.1, -0.05) is 99.6 Å². The molecule has 3 amide bonds. The van der Waals surface area contributed by atoms with E-state index in [9.17, 15) is 19.6 Å². The summed E-state index contributed by atoms with van der Waals surface area (Å²) in [6.07, 6.45) is 0.348. The van der Waals surface area contributed by atoms with Crippen LogP contribution in [-0.4, -0.2) is 41.7 Å². The standard InChI is InChI=1S/C36H47N3O5/c1-7-44-31(34(41)39-43)30(20-14-15-26-21-22-29(24(2)23-26)28-18-12-9-13-19-28)33(40)38-32(36(4,5)6)35(42)37-25(3)27-16-10-8-11-17-27/h8-13,16-19,21-23,25,30-32,43H,7,14-15,20H2,1-6H3,(H,37,42)(H,38,40)(H,39,41). The molecule has 44 heavy (non-hydrogen) atoms. The topological polar surface area (TPSA) is 117 Å². The van der Waals surface area contributed by atoms with Crippen LogP contribution in [-0.2, 0) is 25.5 Å². The van der Waals surface area contributed by atoms with E-state index in [2.05, 4.69) is 47.9 Å². The number of hydrogen-bond donors (Lipinski definition) is 4. The van der Waals surface area contributed by atoms with Crippen LogP contribution >= 0.6 is 0 Å². The van der Waals surface area contributed by atoms with Gasteiger partial charge < -0.3 is 15.4 Å². The van der Waals surface area contributed by atoms with Crippen molar-refractivity contribution in [1.82, 2.24) is 16.1 Å². The summed E-state index contributed by atoms with van der Waals surface area (Å²) < 4.78 is 5.68. The van der Waals surface area contributed by atoms with E-state index in [0.29, 0.717) is 19.3 Å². The number of ether oxygens (including phenoxy) is 1.